The third-order valence-corrected chi connectivity index (χ3v) is 4.36. The molecule has 0 bridgehead atoms. The molecule has 0 radical (unpaired) electrons. The molecule has 4 nitrogen and oxygen atoms in total. The lowest BCUT2D eigenvalue weighted by Crippen LogP contribution is -2.19. The molecule has 0 aliphatic rings. The smallest absolute Gasteiger partial charge is 0.274 e. The maximum atomic E-state index is 13.3. The first-order valence-corrected chi connectivity index (χ1v) is 7.43. The highest BCUT2D eigenvalue weighted by Crippen LogP contribution is 2.27. The topological polar surface area (TPSA) is 55.2 Å². The van der Waals surface area contributed by atoms with Gasteiger partial charge in [-0.15, -0.1) is 11.3 Å². The van der Waals surface area contributed by atoms with E-state index < -0.39 is 10.7 Å². The van der Waals surface area contributed by atoms with Crippen LogP contribution in [-0.4, -0.2) is 4.92 Å². The van der Waals surface area contributed by atoms with Crippen LogP contribution in [0.15, 0.2) is 24.3 Å². The van der Waals surface area contributed by atoms with Crippen molar-refractivity contribution < 1.29 is 9.31 Å². The van der Waals surface area contributed by atoms with E-state index in [0.29, 0.717) is 5.56 Å². The van der Waals surface area contributed by atoms with Gasteiger partial charge in [0.25, 0.3) is 5.69 Å². The number of halogens is 1. The lowest BCUT2D eigenvalue weighted by atomic mass is 10.1. The number of nitro benzene ring substituents is 1. The quantitative estimate of drug-likeness (QED) is 0.663. The van der Waals surface area contributed by atoms with Crippen molar-refractivity contribution in [3.05, 3.63) is 61.1 Å². The van der Waals surface area contributed by atoms with E-state index in [4.69, 9.17) is 0 Å². The maximum Gasteiger partial charge on any atom is 0.274 e. The van der Waals surface area contributed by atoms with Crippen molar-refractivity contribution >= 4 is 17.0 Å². The summed E-state index contributed by atoms with van der Waals surface area (Å²) in [5.74, 6) is -0.465. The zero-order chi connectivity index (χ0) is 15.6. The molecule has 0 fully saturated rings. The Balaban J connectivity index is 2.14. The monoisotopic (exact) mass is 308 g/mol. The number of rotatable bonds is 5. The lowest BCUT2D eigenvalue weighted by Gasteiger charge is -2.14. The van der Waals surface area contributed by atoms with Crippen LogP contribution in [0.3, 0.4) is 0 Å². The summed E-state index contributed by atoms with van der Waals surface area (Å²) >= 11 is 1.72. The van der Waals surface area contributed by atoms with Crippen molar-refractivity contribution in [1.82, 2.24) is 5.32 Å². The van der Waals surface area contributed by atoms with Gasteiger partial charge < -0.3 is 5.32 Å². The largest absolute Gasteiger partial charge is 0.306 e. The average Bonchev–Trinajstić information content (AvgIpc) is 2.74. The molecule has 1 aromatic carbocycles. The Bertz CT molecular complexity index is 670. The van der Waals surface area contributed by atoms with Crippen LogP contribution in [-0.2, 0) is 6.54 Å². The molecule has 1 aromatic heterocycles. The van der Waals surface area contributed by atoms with Gasteiger partial charge >= 0.3 is 0 Å². The summed E-state index contributed by atoms with van der Waals surface area (Å²) in [5.41, 5.74) is 1.47. The van der Waals surface area contributed by atoms with Gasteiger partial charge in [0.15, 0.2) is 0 Å². The number of benzene rings is 1. The fraction of sp³-hybridized carbons (Fsp3) is 0.333. The molecule has 0 spiro atoms. The van der Waals surface area contributed by atoms with Crippen LogP contribution in [0, 0.1) is 29.8 Å². The van der Waals surface area contributed by atoms with Crippen LogP contribution in [0.1, 0.15) is 33.8 Å². The summed E-state index contributed by atoms with van der Waals surface area (Å²) in [6, 6.07) is 5.69. The zero-order valence-corrected chi connectivity index (χ0v) is 13.0. The first-order valence-electron chi connectivity index (χ1n) is 6.61. The van der Waals surface area contributed by atoms with E-state index >= 15 is 0 Å². The lowest BCUT2D eigenvalue weighted by molar-refractivity contribution is -0.385. The maximum absolute atomic E-state index is 13.3. The predicted molar refractivity (Wildman–Crippen MR) is 82.1 cm³/mol. The van der Waals surface area contributed by atoms with Crippen LogP contribution in [0.25, 0.3) is 0 Å². The van der Waals surface area contributed by atoms with Gasteiger partial charge in [0.1, 0.15) is 5.82 Å². The molecule has 0 amide bonds. The SMILES string of the molecule is Cc1cc(C(C)NCc2cc(F)ccc2[N+](=O)[O-])c(C)s1. The Morgan fingerprint density at radius 2 is 2.10 bits per heavy atom. The van der Waals surface area contributed by atoms with Gasteiger partial charge in [-0.2, -0.15) is 0 Å². The van der Waals surface area contributed by atoms with E-state index in [0.717, 1.165) is 6.07 Å². The number of nitro groups is 1. The second-order valence-corrected chi connectivity index (χ2v) is 6.46. The zero-order valence-electron chi connectivity index (χ0n) is 12.1. The Kier molecular flexibility index (Phi) is 4.69. The number of nitrogens with one attached hydrogen (secondary N) is 1. The highest BCUT2D eigenvalue weighted by molar-refractivity contribution is 7.12. The Morgan fingerprint density at radius 1 is 1.38 bits per heavy atom. The normalized spacial score (nSPS) is 12.4. The van der Waals surface area contributed by atoms with Gasteiger partial charge in [-0.25, -0.2) is 4.39 Å². The van der Waals surface area contributed by atoms with Crippen molar-refractivity contribution in [3.63, 3.8) is 0 Å². The van der Waals surface area contributed by atoms with Crippen molar-refractivity contribution in [2.75, 3.05) is 0 Å². The summed E-state index contributed by atoms with van der Waals surface area (Å²) in [5, 5.41) is 14.2. The molecule has 112 valence electrons. The fourth-order valence-corrected chi connectivity index (χ4v) is 3.35. The molecular formula is C15H17FN2O2S. The molecule has 1 heterocycles. The van der Waals surface area contributed by atoms with E-state index in [1.165, 1.54) is 27.5 Å². The van der Waals surface area contributed by atoms with Crippen molar-refractivity contribution in [2.24, 2.45) is 0 Å². The van der Waals surface area contributed by atoms with E-state index in [1.54, 1.807) is 11.3 Å². The standard InChI is InChI=1S/C15H17FN2O2S/c1-9-6-14(11(3)21-9)10(2)17-8-12-7-13(16)4-5-15(12)18(19)20/h4-7,10,17H,8H2,1-3H3. The van der Waals surface area contributed by atoms with Gasteiger partial charge in [0.05, 0.1) is 4.92 Å². The molecule has 21 heavy (non-hydrogen) atoms. The minimum atomic E-state index is -0.485. The number of hydrogen-bond donors (Lipinski definition) is 1. The minimum Gasteiger partial charge on any atom is -0.306 e. The summed E-state index contributed by atoms with van der Waals surface area (Å²) in [6.07, 6.45) is 0. The number of thiophene rings is 1. The summed E-state index contributed by atoms with van der Waals surface area (Å²) < 4.78 is 13.3. The van der Waals surface area contributed by atoms with Crippen LogP contribution in [0.2, 0.25) is 0 Å². The highest BCUT2D eigenvalue weighted by Gasteiger charge is 2.16. The molecule has 0 aliphatic carbocycles. The molecule has 1 unspecified atom stereocenters. The van der Waals surface area contributed by atoms with Crippen molar-refractivity contribution in [1.29, 1.82) is 0 Å². The second kappa shape index (κ2) is 6.32. The third kappa shape index (κ3) is 3.65. The number of aryl methyl sites for hydroxylation is 2. The van der Waals surface area contributed by atoms with E-state index in [1.807, 2.05) is 13.8 Å². The first-order chi connectivity index (χ1) is 9.88. The second-order valence-electron chi connectivity index (χ2n) is 5.00. The molecule has 0 saturated carbocycles. The molecular weight excluding hydrogens is 291 g/mol. The Labute approximate surface area is 126 Å². The van der Waals surface area contributed by atoms with Crippen LogP contribution < -0.4 is 5.32 Å². The average molecular weight is 308 g/mol. The molecule has 1 atom stereocenters. The molecule has 1 N–H and O–H groups in total. The van der Waals surface area contributed by atoms with Crippen molar-refractivity contribution in [2.45, 2.75) is 33.4 Å². The van der Waals surface area contributed by atoms with Crippen LogP contribution in [0.5, 0.6) is 0 Å². The number of nitrogens with zero attached hydrogens (tertiary/aromatic N) is 1. The number of hydrogen-bond acceptors (Lipinski definition) is 4. The van der Waals surface area contributed by atoms with E-state index in [9.17, 15) is 14.5 Å². The summed E-state index contributed by atoms with van der Waals surface area (Å²) in [4.78, 5) is 12.9. The van der Waals surface area contributed by atoms with Gasteiger partial charge in [0, 0.05) is 34.0 Å². The molecule has 2 rings (SSSR count). The van der Waals surface area contributed by atoms with Gasteiger partial charge in [-0.3, -0.25) is 10.1 Å². The minimum absolute atomic E-state index is 0.0535. The van der Waals surface area contributed by atoms with E-state index in [-0.39, 0.29) is 18.3 Å². The van der Waals surface area contributed by atoms with Gasteiger partial charge in [-0.05, 0) is 44.5 Å². The highest BCUT2D eigenvalue weighted by atomic mass is 32.1. The Hall–Kier alpha value is -1.79. The van der Waals surface area contributed by atoms with E-state index in [2.05, 4.69) is 18.3 Å². The molecule has 2 aromatic rings. The summed E-state index contributed by atoms with van der Waals surface area (Å²) in [6.45, 7) is 6.35. The summed E-state index contributed by atoms with van der Waals surface area (Å²) in [7, 11) is 0. The van der Waals surface area contributed by atoms with Crippen LogP contribution in [0.4, 0.5) is 10.1 Å². The molecule has 6 heteroatoms. The van der Waals surface area contributed by atoms with Gasteiger partial charge in [-0.1, -0.05) is 0 Å². The fourth-order valence-electron chi connectivity index (χ4n) is 2.33. The van der Waals surface area contributed by atoms with Crippen molar-refractivity contribution in [3.8, 4) is 0 Å². The molecule has 0 aliphatic heterocycles. The third-order valence-electron chi connectivity index (χ3n) is 3.38. The predicted octanol–water partition coefficient (Wildman–Crippen LogP) is 4.26. The first kappa shape index (κ1) is 15.6. The van der Waals surface area contributed by atoms with Gasteiger partial charge in [0.2, 0.25) is 0 Å². The Morgan fingerprint density at radius 3 is 2.67 bits per heavy atom. The van der Waals surface area contributed by atoms with Crippen LogP contribution >= 0.6 is 11.3 Å². The molecule has 0 saturated heterocycles.